The van der Waals surface area contributed by atoms with Crippen LogP contribution in [0.1, 0.15) is 25.7 Å². The Morgan fingerprint density at radius 3 is 2.33 bits per heavy atom. The lowest BCUT2D eigenvalue weighted by molar-refractivity contribution is 0.709. The van der Waals surface area contributed by atoms with E-state index in [1.54, 1.807) is 0 Å². The van der Waals surface area contributed by atoms with Crippen LogP contribution in [0, 0.1) is 0 Å². The van der Waals surface area contributed by atoms with Crippen LogP contribution in [0.4, 0.5) is 3.89 Å². The van der Waals surface area contributed by atoms with Gasteiger partial charge in [0, 0.05) is 23.2 Å². The van der Waals surface area contributed by atoms with Gasteiger partial charge in [0.05, 0.1) is 0 Å². The van der Waals surface area contributed by atoms with Gasteiger partial charge in [-0.3, -0.25) is 0 Å². The van der Waals surface area contributed by atoms with Crippen LogP contribution in [0.15, 0.2) is 0 Å². The molecule has 0 unspecified atom stereocenters. The van der Waals surface area contributed by atoms with Crippen LogP contribution in [0.5, 0.6) is 0 Å². The molecule has 3 heteroatoms. The van der Waals surface area contributed by atoms with Crippen molar-refractivity contribution in [3.05, 3.63) is 0 Å². The predicted molar refractivity (Wildman–Crippen MR) is 45.8 cm³/mol. The first-order valence-corrected chi connectivity index (χ1v) is 5.22. The molecule has 56 valence electrons. The van der Waals surface area contributed by atoms with E-state index in [0.29, 0.717) is 17.9 Å². The van der Waals surface area contributed by atoms with E-state index in [4.69, 9.17) is 0 Å². The maximum atomic E-state index is 11.4. The van der Waals surface area contributed by atoms with E-state index in [1.165, 1.54) is 19.3 Å². The summed E-state index contributed by atoms with van der Waals surface area (Å²) in [6, 6.07) is 0. The number of rotatable bonds is 6. The van der Waals surface area contributed by atoms with Crippen molar-refractivity contribution in [2.24, 2.45) is 0 Å². The molecule has 0 aromatic carbocycles. The quantitative estimate of drug-likeness (QED) is 0.482. The summed E-state index contributed by atoms with van der Waals surface area (Å²) in [5.74, 6) is 0.669. The number of unbranched alkanes of at least 4 members (excludes halogenated alkanes) is 3. The average Bonchev–Trinajstić information content (AvgIpc) is 1.89. The van der Waals surface area contributed by atoms with Crippen molar-refractivity contribution in [3.8, 4) is 0 Å². The number of hydrogen-bond donors (Lipinski definition) is 0. The highest BCUT2D eigenvalue weighted by Gasteiger charge is 1.88. The normalized spacial score (nSPS) is 10.0. The van der Waals surface area contributed by atoms with Gasteiger partial charge >= 0.3 is 0 Å². The van der Waals surface area contributed by atoms with E-state index < -0.39 is 0 Å². The third-order valence-electron chi connectivity index (χ3n) is 1.11. The van der Waals surface area contributed by atoms with Crippen molar-refractivity contribution in [3.63, 3.8) is 0 Å². The predicted octanol–water partition coefficient (Wildman–Crippen LogP) is 3.56. The van der Waals surface area contributed by atoms with Gasteiger partial charge in [-0.15, -0.1) is 0 Å². The summed E-state index contributed by atoms with van der Waals surface area (Å²) in [6.07, 6.45) is 4.64. The van der Waals surface area contributed by atoms with Crippen LogP contribution >= 0.6 is 28.1 Å². The fraction of sp³-hybridized carbons (Fsp3) is 1.00. The van der Waals surface area contributed by atoms with Crippen molar-refractivity contribution < 1.29 is 3.89 Å². The minimum atomic E-state index is 0.448. The maximum Gasteiger partial charge on any atom is 0.0443 e. The second kappa shape index (κ2) is 8.76. The minimum Gasteiger partial charge on any atom is -0.165 e. The molecule has 0 atom stereocenters. The zero-order valence-electron chi connectivity index (χ0n) is 5.41. The SMILES string of the molecule is FSCCCCCCBr. The van der Waals surface area contributed by atoms with Crippen LogP contribution in [0.25, 0.3) is 0 Å². The molecule has 0 radical (unpaired) electrons. The molecule has 0 bridgehead atoms. The first-order chi connectivity index (χ1) is 4.41. The highest BCUT2D eigenvalue weighted by molar-refractivity contribution is 9.09. The van der Waals surface area contributed by atoms with E-state index >= 15 is 0 Å². The van der Waals surface area contributed by atoms with E-state index in [0.717, 1.165) is 11.8 Å². The largest absolute Gasteiger partial charge is 0.165 e. The van der Waals surface area contributed by atoms with Crippen LogP contribution in [0.2, 0.25) is 0 Å². The lowest BCUT2D eigenvalue weighted by atomic mass is 10.2. The molecule has 9 heavy (non-hydrogen) atoms. The summed E-state index contributed by atoms with van der Waals surface area (Å²) in [5.41, 5.74) is 0. The molecule has 0 aliphatic rings. The standard InChI is InChI=1S/C6H12BrFS/c7-5-3-1-2-4-6-9-8/h1-6H2. The fourth-order valence-corrected chi connectivity index (χ4v) is 1.31. The summed E-state index contributed by atoms with van der Waals surface area (Å²) in [7, 11) is 0. The van der Waals surface area contributed by atoms with Crippen molar-refractivity contribution in [1.29, 1.82) is 0 Å². The summed E-state index contributed by atoms with van der Waals surface area (Å²) < 4.78 is 11.4. The molecule has 0 aliphatic carbocycles. The molecule has 0 nitrogen and oxygen atoms in total. The lowest BCUT2D eigenvalue weighted by Gasteiger charge is -1.93. The summed E-state index contributed by atoms with van der Waals surface area (Å²) in [5, 5.41) is 1.08. The second-order valence-electron chi connectivity index (χ2n) is 1.92. The maximum absolute atomic E-state index is 11.4. The Labute approximate surface area is 69.0 Å². The number of hydrogen-bond acceptors (Lipinski definition) is 1. The van der Waals surface area contributed by atoms with Crippen molar-refractivity contribution in [1.82, 2.24) is 0 Å². The molecule has 0 N–H and O–H groups in total. The Morgan fingerprint density at radius 2 is 1.78 bits per heavy atom. The van der Waals surface area contributed by atoms with E-state index in [1.807, 2.05) is 0 Å². The first kappa shape index (κ1) is 9.76. The van der Waals surface area contributed by atoms with Gasteiger partial charge in [-0.1, -0.05) is 28.8 Å². The number of alkyl halides is 1. The monoisotopic (exact) mass is 214 g/mol. The molecule has 0 heterocycles. The molecule has 0 aliphatic heterocycles. The lowest BCUT2D eigenvalue weighted by Crippen LogP contribution is -1.79. The van der Waals surface area contributed by atoms with Gasteiger partial charge in [-0.25, -0.2) is 0 Å². The molecular formula is C6H12BrFS. The highest BCUT2D eigenvalue weighted by Crippen LogP contribution is 2.08. The van der Waals surface area contributed by atoms with Crippen molar-refractivity contribution in [2.45, 2.75) is 25.7 Å². The number of halogens is 2. The highest BCUT2D eigenvalue weighted by atomic mass is 79.9. The van der Waals surface area contributed by atoms with E-state index in [9.17, 15) is 3.89 Å². The smallest absolute Gasteiger partial charge is 0.0443 e. The van der Waals surface area contributed by atoms with E-state index in [2.05, 4.69) is 15.9 Å². The van der Waals surface area contributed by atoms with E-state index in [-0.39, 0.29) is 0 Å². The zero-order valence-corrected chi connectivity index (χ0v) is 7.81. The zero-order chi connectivity index (χ0) is 6.95. The molecule has 0 spiro atoms. The van der Waals surface area contributed by atoms with Crippen LogP contribution in [0.3, 0.4) is 0 Å². The molecule has 0 aromatic heterocycles. The van der Waals surface area contributed by atoms with Crippen molar-refractivity contribution in [2.75, 3.05) is 11.1 Å². The third-order valence-corrected chi connectivity index (χ3v) is 2.11. The van der Waals surface area contributed by atoms with Gasteiger partial charge in [0.25, 0.3) is 0 Å². The fourth-order valence-electron chi connectivity index (χ4n) is 0.605. The average molecular weight is 215 g/mol. The Balaban J connectivity index is 2.60. The molecular weight excluding hydrogens is 203 g/mol. The summed E-state index contributed by atoms with van der Waals surface area (Å²) in [6.45, 7) is 0. The van der Waals surface area contributed by atoms with Gasteiger partial charge < -0.3 is 0 Å². The Hall–Kier alpha value is 0.760. The Morgan fingerprint density at radius 1 is 1.11 bits per heavy atom. The van der Waals surface area contributed by atoms with Gasteiger partial charge in [0.1, 0.15) is 0 Å². The summed E-state index contributed by atoms with van der Waals surface area (Å²) in [4.78, 5) is 0. The van der Waals surface area contributed by atoms with Crippen molar-refractivity contribution >= 4 is 28.1 Å². The van der Waals surface area contributed by atoms with Gasteiger partial charge in [-0.05, 0) is 12.8 Å². The van der Waals surface area contributed by atoms with Gasteiger partial charge in [0.15, 0.2) is 0 Å². The third kappa shape index (κ3) is 8.76. The molecule has 0 rings (SSSR count). The van der Waals surface area contributed by atoms with Crippen LogP contribution in [-0.4, -0.2) is 11.1 Å². The van der Waals surface area contributed by atoms with Crippen LogP contribution < -0.4 is 0 Å². The Kier molecular flexibility index (Phi) is 9.50. The Bertz CT molecular complexity index is 46.3. The van der Waals surface area contributed by atoms with Gasteiger partial charge in [-0.2, -0.15) is 3.89 Å². The molecule has 0 saturated heterocycles. The molecule has 0 saturated carbocycles. The minimum absolute atomic E-state index is 0.448. The van der Waals surface area contributed by atoms with Gasteiger partial charge in [0.2, 0.25) is 0 Å². The second-order valence-corrected chi connectivity index (χ2v) is 3.34. The molecule has 0 aromatic rings. The first-order valence-electron chi connectivity index (χ1n) is 3.21. The summed E-state index contributed by atoms with van der Waals surface area (Å²) >= 11 is 3.79. The molecule has 0 fully saturated rings. The topological polar surface area (TPSA) is 0 Å². The van der Waals surface area contributed by atoms with Crippen LogP contribution in [-0.2, 0) is 0 Å². The molecule has 0 amide bonds.